The predicted octanol–water partition coefficient (Wildman–Crippen LogP) is 4.02. The van der Waals surface area contributed by atoms with E-state index in [9.17, 15) is 0 Å². The molecule has 0 amide bonds. The molecular formula is C21H26N4. The van der Waals surface area contributed by atoms with E-state index in [1.807, 2.05) is 25.7 Å². The Morgan fingerprint density at radius 1 is 1.16 bits per heavy atom. The molecule has 4 heteroatoms. The number of anilines is 2. The van der Waals surface area contributed by atoms with Gasteiger partial charge in [-0.05, 0) is 37.5 Å². The topological polar surface area (TPSA) is 53.6 Å². The molecule has 2 aromatic carbocycles. The van der Waals surface area contributed by atoms with Crippen molar-refractivity contribution < 1.29 is 0 Å². The zero-order valence-electron chi connectivity index (χ0n) is 14.9. The molecule has 3 rings (SSSR count). The van der Waals surface area contributed by atoms with E-state index >= 15 is 0 Å². The second-order valence-electron chi connectivity index (χ2n) is 6.51. The van der Waals surface area contributed by atoms with Crippen LogP contribution in [0.3, 0.4) is 0 Å². The van der Waals surface area contributed by atoms with Gasteiger partial charge in [-0.15, -0.1) is 0 Å². The van der Waals surface area contributed by atoms with Gasteiger partial charge in [0.2, 0.25) is 0 Å². The van der Waals surface area contributed by atoms with Crippen LogP contribution in [-0.4, -0.2) is 30.9 Å². The van der Waals surface area contributed by atoms with Crippen LogP contribution >= 0.6 is 0 Å². The minimum absolute atomic E-state index is 0.268. The lowest BCUT2D eigenvalue weighted by Gasteiger charge is -2.28. The second kappa shape index (κ2) is 7.88. The third kappa shape index (κ3) is 4.21. The highest BCUT2D eigenvalue weighted by atomic mass is 15.2. The number of hydrogen-bond acceptors (Lipinski definition) is 4. The van der Waals surface area contributed by atoms with Crippen molar-refractivity contribution in [3.63, 3.8) is 0 Å². The normalized spacial score (nSPS) is 16.6. The Labute approximate surface area is 150 Å². The maximum absolute atomic E-state index is 6.30. The molecular weight excluding hydrogens is 308 g/mol. The van der Waals surface area contributed by atoms with Gasteiger partial charge in [0.15, 0.2) is 0 Å². The summed E-state index contributed by atoms with van der Waals surface area (Å²) in [4.78, 5) is 6.37. The molecule has 25 heavy (non-hydrogen) atoms. The monoisotopic (exact) mass is 334 g/mol. The number of hydrogen-bond donors (Lipinski definition) is 2. The number of nitrogens with one attached hydrogen (secondary N) is 1. The van der Waals surface area contributed by atoms with Crippen LogP contribution in [0.4, 0.5) is 11.4 Å². The zero-order valence-corrected chi connectivity index (χ0v) is 14.9. The number of nitrogens with zero attached hydrogens (tertiary/aromatic N) is 2. The summed E-state index contributed by atoms with van der Waals surface area (Å²) in [5, 5.41) is 3.47. The van der Waals surface area contributed by atoms with Crippen molar-refractivity contribution in [2.75, 3.05) is 24.6 Å². The molecule has 0 saturated carbocycles. The number of aryl methyl sites for hydroxylation is 1. The maximum Gasteiger partial charge on any atom is 0.0907 e. The van der Waals surface area contributed by atoms with Gasteiger partial charge in [0.25, 0.3) is 0 Å². The van der Waals surface area contributed by atoms with Crippen molar-refractivity contribution in [3.8, 4) is 0 Å². The summed E-state index contributed by atoms with van der Waals surface area (Å²) in [6, 6.07) is 17.0. The number of nitrogens with two attached hydrogens (primary N) is 1. The molecule has 1 atom stereocenters. The molecule has 1 heterocycles. The van der Waals surface area contributed by atoms with Crippen molar-refractivity contribution in [3.05, 3.63) is 65.9 Å². The summed E-state index contributed by atoms with van der Waals surface area (Å²) in [5.41, 5.74) is 11.7. The molecule has 130 valence electrons. The highest BCUT2D eigenvalue weighted by Gasteiger charge is 2.18. The molecule has 0 spiro atoms. The Hall–Kier alpha value is -2.75. The molecule has 0 aliphatic carbocycles. The highest BCUT2D eigenvalue weighted by Crippen LogP contribution is 2.30. The summed E-state index contributed by atoms with van der Waals surface area (Å²) in [5.74, 6) is 0. The fourth-order valence-electron chi connectivity index (χ4n) is 3.05. The molecule has 4 nitrogen and oxygen atoms in total. The lowest BCUT2D eigenvalue weighted by Crippen LogP contribution is -2.31. The Morgan fingerprint density at radius 2 is 1.96 bits per heavy atom. The zero-order chi connectivity index (χ0) is 17.6. The number of benzene rings is 2. The standard InChI is InChI=1S/C21H26N4/c1-16-20(14-23-15-25(16)2)19-11-10-18(13-21(19)22)24-12-6-9-17-7-4-3-5-8-17/h3-5,7-8,10-11,13-16,24H,6,9,12,22H2,1-2H3. The van der Waals surface area contributed by atoms with Crippen LogP contribution < -0.4 is 11.1 Å². The van der Waals surface area contributed by atoms with Gasteiger partial charge in [0, 0.05) is 42.3 Å². The van der Waals surface area contributed by atoms with Crippen LogP contribution in [0.25, 0.3) is 5.57 Å². The van der Waals surface area contributed by atoms with E-state index < -0.39 is 0 Å². The molecule has 0 fully saturated rings. The van der Waals surface area contributed by atoms with Crippen LogP contribution in [0.15, 0.2) is 59.7 Å². The van der Waals surface area contributed by atoms with E-state index in [4.69, 9.17) is 5.73 Å². The van der Waals surface area contributed by atoms with E-state index in [0.717, 1.165) is 41.9 Å². The van der Waals surface area contributed by atoms with Gasteiger partial charge in [-0.2, -0.15) is 0 Å². The van der Waals surface area contributed by atoms with Crippen LogP contribution in [0.5, 0.6) is 0 Å². The largest absolute Gasteiger partial charge is 0.398 e. The number of rotatable bonds is 6. The maximum atomic E-state index is 6.30. The molecule has 0 aromatic heterocycles. The predicted molar refractivity (Wildman–Crippen MR) is 108 cm³/mol. The molecule has 1 aliphatic rings. The van der Waals surface area contributed by atoms with Crippen molar-refractivity contribution in [1.82, 2.24) is 4.90 Å². The molecule has 0 saturated heterocycles. The summed E-state index contributed by atoms with van der Waals surface area (Å²) >= 11 is 0. The fraction of sp³-hybridized carbons (Fsp3) is 0.286. The van der Waals surface area contributed by atoms with Crippen LogP contribution in [0.2, 0.25) is 0 Å². The molecule has 1 aliphatic heterocycles. The van der Waals surface area contributed by atoms with E-state index in [1.165, 1.54) is 5.56 Å². The third-order valence-corrected chi connectivity index (χ3v) is 4.70. The average molecular weight is 334 g/mol. The van der Waals surface area contributed by atoms with E-state index in [0.29, 0.717) is 0 Å². The van der Waals surface area contributed by atoms with Gasteiger partial charge >= 0.3 is 0 Å². The van der Waals surface area contributed by atoms with Gasteiger partial charge in [-0.25, -0.2) is 4.99 Å². The van der Waals surface area contributed by atoms with Crippen molar-refractivity contribution in [2.45, 2.75) is 25.8 Å². The lowest BCUT2D eigenvalue weighted by atomic mass is 9.97. The number of aliphatic imine (C=N–C) groups is 1. The Balaban J connectivity index is 1.59. The molecule has 0 radical (unpaired) electrons. The lowest BCUT2D eigenvalue weighted by molar-refractivity contribution is 0.471. The summed E-state index contributed by atoms with van der Waals surface area (Å²) in [6.45, 7) is 3.09. The fourth-order valence-corrected chi connectivity index (χ4v) is 3.05. The van der Waals surface area contributed by atoms with Gasteiger partial charge in [0.05, 0.1) is 12.4 Å². The highest BCUT2D eigenvalue weighted by molar-refractivity contribution is 5.83. The first-order valence-electron chi connectivity index (χ1n) is 8.78. The van der Waals surface area contributed by atoms with E-state index in [2.05, 4.69) is 64.6 Å². The van der Waals surface area contributed by atoms with Crippen LogP contribution in [-0.2, 0) is 6.42 Å². The van der Waals surface area contributed by atoms with Crippen LogP contribution in [0, 0.1) is 0 Å². The van der Waals surface area contributed by atoms with Gasteiger partial charge in [-0.1, -0.05) is 36.4 Å². The smallest absolute Gasteiger partial charge is 0.0907 e. The first-order valence-corrected chi connectivity index (χ1v) is 8.78. The minimum Gasteiger partial charge on any atom is -0.398 e. The number of likely N-dealkylation sites (N-methyl/N-ethyl adjacent to an activating group) is 1. The second-order valence-corrected chi connectivity index (χ2v) is 6.51. The molecule has 1 unspecified atom stereocenters. The SMILES string of the molecule is CC1C(c2ccc(NCCCc3ccccc3)cc2N)=CN=CN1C. The summed E-state index contributed by atoms with van der Waals surface area (Å²) in [6.07, 6.45) is 5.92. The Bertz CT molecular complexity index is 765. The Kier molecular flexibility index (Phi) is 5.39. The van der Waals surface area contributed by atoms with Crippen molar-refractivity contribution in [2.24, 2.45) is 4.99 Å². The van der Waals surface area contributed by atoms with E-state index in [-0.39, 0.29) is 6.04 Å². The quantitative estimate of drug-likeness (QED) is 0.620. The molecule has 0 bridgehead atoms. The van der Waals surface area contributed by atoms with E-state index in [1.54, 1.807) is 0 Å². The van der Waals surface area contributed by atoms with Gasteiger partial charge < -0.3 is 16.0 Å². The summed E-state index contributed by atoms with van der Waals surface area (Å²) < 4.78 is 0. The first-order chi connectivity index (χ1) is 12.1. The third-order valence-electron chi connectivity index (χ3n) is 4.70. The molecule has 2 aromatic rings. The van der Waals surface area contributed by atoms with Gasteiger partial charge in [-0.3, -0.25) is 0 Å². The first kappa shape index (κ1) is 17.1. The summed E-state index contributed by atoms with van der Waals surface area (Å²) in [7, 11) is 2.03. The minimum atomic E-state index is 0.268. The molecule has 3 N–H and O–H groups in total. The van der Waals surface area contributed by atoms with Crippen molar-refractivity contribution in [1.29, 1.82) is 0 Å². The Morgan fingerprint density at radius 3 is 2.72 bits per heavy atom. The van der Waals surface area contributed by atoms with Crippen LogP contribution in [0.1, 0.15) is 24.5 Å². The number of nitrogen functional groups attached to an aromatic ring is 1. The average Bonchev–Trinajstić information content (AvgIpc) is 2.63. The van der Waals surface area contributed by atoms with Gasteiger partial charge in [0.1, 0.15) is 0 Å². The van der Waals surface area contributed by atoms with Crippen molar-refractivity contribution >= 4 is 23.3 Å².